The number of anilines is 1. The Kier molecular flexibility index (Phi) is 5.46. The van der Waals surface area contributed by atoms with Gasteiger partial charge in [-0.1, -0.05) is 0 Å². The molecule has 0 bridgehead atoms. The fraction of sp³-hybridized carbons (Fsp3) is 0.435. The van der Waals surface area contributed by atoms with Crippen molar-refractivity contribution >= 4 is 22.9 Å². The quantitative estimate of drug-likeness (QED) is 0.610. The number of piperazine rings is 1. The number of carbonyl (C=O) groups excluding carboxylic acids is 1. The van der Waals surface area contributed by atoms with E-state index in [0.29, 0.717) is 31.0 Å². The second kappa shape index (κ2) is 8.11. The fourth-order valence-corrected chi connectivity index (χ4v) is 4.00. The molecule has 0 aromatic carbocycles. The number of carbonyl (C=O) groups is 1. The molecule has 0 radical (unpaired) electrons. The van der Waals surface area contributed by atoms with Crippen molar-refractivity contribution in [3.05, 3.63) is 42.0 Å². The lowest BCUT2D eigenvalue weighted by Gasteiger charge is -2.40. The van der Waals surface area contributed by atoms with Crippen LogP contribution in [-0.4, -0.2) is 61.8 Å². The van der Waals surface area contributed by atoms with Gasteiger partial charge in [0.25, 0.3) is 0 Å². The van der Waals surface area contributed by atoms with E-state index in [1.165, 1.54) is 0 Å². The Morgan fingerprint density at radius 1 is 1.25 bits per heavy atom. The smallest absolute Gasteiger partial charge is 0.410 e. The lowest BCUT2D eigenvalue weighted by molar-refractivity contribution is 0.0159. The van der Waals surface area contributed by atoms with Gasteiger partial charge in [-0.05, 0) is 52.3 Å². The molecule has 0 N–H and O–H groups in total. The van der Waals surface area contributed by atoms with Crippen molar-refractivity contribution in [2.75, 3.05) is 24.5 Å². The van der Waals surface area contributed by atoms with Gasteiger partial charge in [-0.2, -0.15) is 5.26 Å². The molecule has 1 fully saturated rings. The van der Waals surface area contributed by atoms with Crippen LogP contribution in [0.4, 0.5) is 10.6 Å². The number of hydrogen-bond acceptors (Lipinski definition) is 7. The van der Waals surface area contributed by atoms with Gasteiger partial charge >= 0.3 is 6.09 Å². The van der Waals surface area contributed by atoms with Crippen molar-refractivity contribution in [2.24, 2.45) is 0 Å². The maximum absolute atomic E-state index is 12.6. The molecular weight excluding hydrogens is 406 g/mol. The molecule has 0 spiro atoms. The lowest BCUT2D eigenvalue weighted by atomic mass is 10.1. The van der Waals surface area contributed by atoms with Gasteiger partial charge in [0.1, 0.15) is 23.6 Å². The number of nitrogens with zero attached hydrogens (tertiary/aromatic N) is 7. The van der Waals surface area contributed by atoms with E-state index in [1.54, 1.807) is 29.6 Å². The minimum atomic E-state index is -0.524. The lowest BCUT2D eigenvalue weighted by Crippen LogP contribution is -2.55. The molecule has 4 heterocycles. The molecule has 1 aliphatic heterocycles. The van der Waals surface area contributed by atoms with E-state index in [9.17, 15) is 10.1 Å². The molecule has 32 heavy (non-hydrogen) atoms. The number of aryl methyl sites for hydroxylation is 1. The summed E-state index contributed by atoms with van der Waals surface area (Å²) in [5, 5.41) is 10.2. The molecule has 0 unspecified atom stereocenters. The minimum Gasteiger partial charge on any atom is -0.444 e. The molecule has 3 aromatic rings. The summed E-state index contributed by atoms with van der Waals surface area (Å²) >= 11 is 0. The monoisotopic (exact) mass is 433 g/mol. The third-order valence-electron chi connectivity index (χ3n) is 5.43. The summed E-state index contributed by atoms with van der Waals surface area (Å²) in [7, 11) is 0. The second-order valence-corrected chi connectivity index (χ2v) is 9.06. The zero-order valence-electron chi connectivity index (χ0n) is 19.0. The molecule has 0 saturated carbocycles. The summed E-state index contributed by atoms with van der Waals surface area (Å²) in [5.41, 5.74) is 1.76. The third kappa shape index (κ3) is 4.08. The highest BCUT2D eigenvalue weighted by Gasteiger charge is 2.32. The van der Waals surface area contributed by atoms with Crippen molar-refractivity contribution < 1.29 is 9.53 Å². The fourth-order valence-electron chi connectivity index (χ4n) is 4.00. The maximum atomic E-state index is 12.6. The molecule has 9 heteroatoms. The summed E-state index contributed by atoms with van der Waals surface area (Å²) in [6, 6.07) is 5.54. The predicted octanol–water partition coefficient (Wildman–Crippen LogP) is 3.44. The van der Waals surface area contributed by atoms with Gasteiger partial charge in [-0.3, -0.25) is 4.57 Å². The number of aromatic nitrogens is 4. The topological polar surface area (TPSA) is 100 Å². The van der Waals surface area contributed by atoms with Crippen LogP contribution in [0.2, 0.25) is 0 Å². The summed E-state index contributed by atoms with van der Waals surface area (Å²) in [6.45, 7) is 11.5. The van der Waals surface area contributed by atoms with Crippen LogP contribution in [-0.2, 0) is 4.74 Å². The van der Waals surface area contributed by atoms with E-state index in [0.717, 1.165) is 22.4 Å². The van der Waals surface area contributed by atoms with Crippen LogP contribution in [0.1, 0.15) is 38.8 Å². The Morgan fingerprint density at radius 3 is 2.72 bits per heavy atom. The number of amides is 1. The standard InChI is InChI=1S/C23H27N7O2/c1-15-12-30(18-10-17(11-24)6-7-25-18)21-19(15)20(26-14-27-21)28-8-9-29(16(2)13-28)22(31)32-23(3,4)5/h6-7,10,12,14,16H,8-9,13H2,1-5H3/t16-/m1/s1. The zero-order chi connectivity index (χ0) is 23.0. The predicted molar refractivity (Wildman–Crippen MR) is 121 cm³/mol. The molecular formula is C23H27N7O2. The number of nitriles is 1. The Balaban J connectivity index is 1.64. The molecule has 1 aliphatic rings. The first-order chi connectivity index (χ1) is 15.2. The van der Waals surface area contributed by atoms with Crippen LogP contribution in [0.5, 0.6) is 0 Å². The largest absolute Gasteiger partial charge is 0.444 e. The van der Waals surface area contributed by atoms with Gasteiger partial charge < -0.3 is 14.5 Å². The van der Waals surface area contributed by atoms with Crippen LogP contribution in [0.25, 0.3) is 16.9 Å². The highest BCUT2D eigenvalue weighted by atomic mass is 16.6. The van der Waals surface area contributed by atoms with E-state index < -0.39 is 5.60 Å². The van der Waals surface area contributed by atoms with Crippen molar-refractivity contribution in [1.29, 1.82) is 5.26 Å². The van der Waals surface area contributed by atoms with Gasteiger partial charge in [0.05, 0.1) is 17.0 Å². The van der Waals surface area contributed by atoms with Gasteiger partial charge in [0, 0.05) is 38.1 Å². The maximum Gasteiger partial charge on any atom is 0.410 e. The molecule has 1 saturated heterocycles. The Bertz CT molecular complexity index is 1210. The van der Waals surface area contributed by atoms with Crippen molar-refractivity contribution in [3.63, 3.8) is 0 Å². The van der Waals surface area contributed by atoms with Crippen molar-refractivity contribution in [2.45, 2.75) is 46.3 Å². The first-order valence-corrected chi connectivity index (χ1v) is 10.6. The highest BCUT2D eigenvalue weighted by molar-refractivity contribution is 5.92. The molecule has 0 aliphatic carbocycles. The second-order valence-electron chi connectivity index (χ2n) is 9.06. The Labute approximate surface area is 187 Å². The Morgan fingerprint density at radius 2 is 2.03 bits per heavy atom. The average Bonchev–Trinajstić information content (AvgIpc) is 3.09. The van der Waals surface area contributed by atoms with E-state index in [-0.39, 0.29) is 12.1 Å². The number of hydrogen-bond donors (Lipinski definition) is 0. The van der Waals surface area contributed by atoms with Crippen molar-refractivity contribution in [1.82, 2.24) is 24.4 Å². The SMILES string of the molecule is Cc1cn(-c2cc(C#N)ccn2)c2ncnc(N3CCN(C(=O)OC(C)(C)C)[C@H](C)C3)c12. The van der Waals surface area contributed by atoms with E-state index >= 15 is 0 Å². The number of fused-ring (bicyclic) bond motifs is 1. The van der Waals surface area contributed by atoms with Crippen LogP contribution >= 0.6 is 0 Å². The number of rotatable bonds is 2. The first-order valence-electron chi connectivity index (χ1n) is 10.6. The summed E-state index contributed by atoms with van der Waals surface area (Å²) in [6.07, 6.45) is 4.84. The summed E-state index contributed by atoms with van der Waals surface area (Å²) in [5.74, 6) is 1.47. The molecule has 1 atom stereocenters. The summed E-state index contributed by atoms with van der Waals surface area (Å²) < 4.78 is 7.44. The number of pyridine rings is 1. The highest BCUT2D eigenvalue weighted by Crippen LogP contribution is 2.31. The Hall–Kier alpha value is -3.67. The first kappa shape index (κ1) is 21.6. The molecule has 1 amide bonds. The van der Waals surface area contributed by atoms with Crippen LogP contribution in [0, 0.1) is 18.3 Å². The number of ether oxygens (including phenoxy) is 1. The van der Waals surface area contributed by atoms with E-state index in [1.807, 2.05) is 45.4 Å². The van der Waals surface area contributed by atoms with Crippen molar-refractivity contribution in [3.8, 4) is 11.9 Å². The molecule has 3 aromatic heterocycles. The van der Waals surface area contributed by atoms with Gasteiger partial charge in [0.15, 0.2) is 5.65 Å². The summed E-state index contributed by atoms with van der Waals surface area (Å²) in [4.78, 5) is 30.0. The molecule has 4 rings (SSSR count). The van der Waals surface area contributed by atoms with Gasteiger partial charge in [0.2, 0.25) is 0 Å². The zero-order valence-corrected chi connectivity index (χ0v) is 19.0. The normalized spacial score (nSPS) is 16.8. The van der Waals surface area contributed by atoms with E-state index in [4.69, 9.17) is 4.74 Å². The molecule has 166 valence electrons. The van der Waals surface area contributed by atoms with Crippen LogP contribution in [0.3, 0.4) is 0 Å². The van der Waals surface area contributed by atoms with Gasteiger partial charge in [-0.25, -0.2) is 19.7 Å². The van der Waals surface area contributed by atoms with Crippen LogP contribution < -0.4 is 4.90 Å². The minimum absolute atomic E-state index is 0.0278. The van der Waals surface area contributed by atoms with Crippen LogP contribution in [0.15, 0.2) is 30.9 Å². The third-order valence-corrected chi connectivity index (χ3v) is 5.43. The van der Waals surface area contributed by atoms with E-state index in [2.05, 4.69) is 25.9 Å². The average molecular weight is 434 g/mol. The molecule has 9 nitrogen and oxygen atoms in total. The van der Waals surface area contributed by atoms with Gasteiger partial charge in [-0.15, -0.1) is 0 Å².